The molecule has 1 fully saturated rings. The van der Waals surface area contributed by atoms with Crippen LogP contribution in [-0.4, -0.2) is 21.2 Å². The smallest absolute Gasteiger partial charge is 0.228 e. The third kappa shape index (κ3) is 3.67. The van der Waals surface area contributed by atoms with Crippen LogP contribution in [0.4, 0.5) is 5.69 Å². The normalized spacial score (nSPS) is 14.8. The Labute approximate surface area is 135 Å². The molecule has 120 valence electrons. The van der Waals surface area contributed by atoms with Gasteiger partial charge in [-0.25, -0.2) is 4.98 Å². The highest BCUT2D eigenvalue weighted by Crippen LogP contribution is 2.27. The van der Waals surface area contributed by atoms with Crippen LogP contribution in [0.5, 0.6) is 0 Å². The summed E-state index contributed by atoms with van der Waals surface area (Å²) in [7, 11) is 1.79. The van der Waals surface area contributed by atoms with E-state index < -0.39 is 0 Å². The Hall–Kier alpha value is -2.43. The van der Waals surface area contributed by atoms with E-state index in [4.69, 9.17) is 0 Å². The minimum atomic E-state index is -0.124. The van der Waals surface area contributed by atoms with Crippen LogP contribution in [0.2, 0.25) is 0 Å². The maximum absolute atomic E-state index is 12.3. The molecule has 5 heteroatoms. The van der Waals surface area contributed by atoms with Gasteiger partial charge < -0.3 is 9.88 Å². The van der Waals surface area contributed by atoms with Gasteiger partial charge in [-0.05, 0) is 43.0 Å². The largest absolute Gasteiger partial charge is 0.331 e. The van der Waals surface area contributed by atoms with Crippen molar-refractivity contribution >= 4 is 17.4 Å². The molecule has 0 atom stereocenters. The molecular weight excluding hydrogens is 290 g/mol. The van der Waals surface area contributed by atoms with Crippen LogP contribution < -0.4 is 5.32 Å². The van der Waals surface area contributed by atoms with Crippen LogP contribution in [0.15, 0.2) is 36.7 Å². The third-order valence-corrected chi connectivity index (χ3v) is 4.40. The highest BCUT2D eigenvalue weighted by molar-refractivity contribution is 6.07. The molecule has 5 nitrogen and oxygen atoms in total. The van der Waals surface area contributed by atoms with Gasteiger partial charge in [0, 0.05) is 37.1 Å². The highest BCUT2D eigenvalue weighted by Gasteiger charge is 2.18. The van der Waals surface area contributed by atoms with Crippen molar-refractivity contribution in [2.75, 3.05) is 5.32 Å². The molecule has 1 heterocycles. The van der Waals surface area contributed by atoms with Gasteiger partial charge in [-0.15, -0.1) is 0 Å². The van der Waals surface area contributed by atoms with Crippen LogP contribution in [0.1, 0.15) is 48.3 Å². The van der Waals surface area contributed by atoms with Gasteiger partial charge >= 0.3 is 0 Å². The van der Waals surface area contributed by atoms with E-state index in [0.717, 1.165) is 18.5 Å². The Morgan fingerprint density at radius 3 is 2.52 bits per heavy atom. The molecule has 0 bridgehead atoms. The highest BCUT2D eigenvalue weighted by atomic mass is 16.1. The molecule has 1 aliphatic carbocycles. The second kappa shape index (κ2) is 6.77. The van der Waals surface area contributed by atoms with Crippen molar-refractivity contribution in [1.82, 2.24) is 9.55 Å². The molecule has 1 N–H and O–H groups in total. The number of anilines is 1. The third-order valence-electron chi connectivity index (χ3n) is 4.40. The average molecular weight is 311 g/mol. The number of carbonyl (C=O) groups excluding carboxylic acids is 2. The van der Waals surface area contributed by atoms with Gasteiger partial charge in [0.25, 0.3) is 0 Å². The first-order valence-corrected chi connectivity index (χ1v) is 8.05. The average Bonchev–Trinajstić information content (AvgIpc) is 3.19. The Bertz CT molecular complexity index is 697. The van der Waals surface area contributed by atoms with Crippen molar-refractivity contribution in [2.24, 2.45) is 13.0 Å². The van der Waals surface area contributed by atoms with Crippen molar-refractivity contribution in [3.63, 3.8) is 0 Å². The molecule has 0 radical (unpaired) electrons. The van der Waals surface area contributed by atoms with Crippen molar-refractivity contribution < 1.29 is 9.59 Å². The predicted octanol–water partition coefficient (Wildman–Crippen LogP) is 3.17. The van der Waals surface area contributed by atoms with E-state index in [1.165, 1.54) is 12.8 Å². The lowest BCUT2D eigenvalue weighted by Crippen LogP contribution is -2.15. The zero-order valence-corrected chi connectivity index (χ0v) is 13.3. The second-order valence-electron chi connectivity index (χ2n) is 6.17. The van der Waals surface area contributed by atoms with Crippen molar-refractivity contribution in [1.29, 1.82) is 0 Å². The first kappa shape index (κ1) is 15.5. The van der Waals surface area contributed by atoms with Gasteiger partial charge in [-0.1, -0.05) is 12.8 Å². The molecule has 1 amide bonds. The zero-order valence-electron chi connectivity index (χ0n) is 13.3. The second-order valence-corrected chi connectivity index (χ2v) is 6.17. The summed E-state index contributed by atoms with van der Waals surface area (Å²) in [6, 6.07) is 6.98. The maximum atomic E-state index is 12.3. The van der Waals surface area contributed by atoms with E-state index in [0.29, 0.717) is 23.7 Å². The number of ketones is 1. The Morgan fingerprint density at radius 1 is 1.22 bits per heavy atom. The van der Waals surface area contributed by atoms with Crippen molar-refractivity contribution in [3.05, 3.63) is 48.0 Å². The number of aromatic nitrogens is 2. The first-order valence-electron chi connectivity index (χ1n) is 8.05. The molecule has 23 heavy (non-hydrogen) atoms. The fourth-order valence-electron chi connectivity index (χ4n) is 3.11. The SMILES string of the molecule is Cn1ccnc1C(=O)c1ccc(NC(=O)CC2CCCC2)cc1. The monoisotopic (exact) mass is 311 g/mol. The van der Waals surface area contributed by atoms with Gasteiger partial charge in [0.1, 0.15) is 0 Å². The number of carbonyl (C=O) groups is 2. The molecule has 1 aromatic carbocycles. The summed E-state index contributed by atoms with van der Waals surface area (Å²) in [5.74, 6) is 0.865. The van der Waals surface area contributed by atoms with E-state index in [1.54, 1.807) is 48.3 Å². The lowest BCUT2D eigenvalue weighted by Gasteiger charge is -2.10. The molecule has 0 unspecified atom stereocenters. The van der Waals surface area contributed by atoms with Crippen molar-refractivity contribution in [3.8, 4) is 0 Å². The molecule has 1 aromatic heterocycles. The first-order chi connectivity index (χ1) is 11.1. The quantitative estimate of drug-likeness (QED) is 0.863. The molecule has 2 aromatic rings. The van der Waals surface area contributed by atoms with Gasteiger partial charge in [0.15, 0.2) is 5.82 Å². The fourth-order valence-corrected chi connectivity index (χ4v) is 3.11. The Balaban J connectivity index is 1.61. The summed E-state index contributed by atoms with van der Waals surface area (Å²) in [4.78, 5) is 28.4. The number of aryl methyl sites for hydroxylation is 1. The van der Waals surface area contributed by atoms with E-state index in [9.17, 15) is 9.59 Å². The fraction of sp³-hybridized carbons (Fsp3) is 0.389. The molecule has 3 rings (SSSR count). The van der Waals surface area contributed by atoms with Crippen LogP contribution in [-0.2, 0) is 11.8 Å². The molecule has 1 saturated carbocycles. The summed E-state index contributed by atoms with van der Waals surface area (Å²) in [6.07, 6.45) is 8.72. The summed E-state index contributed by atoms with van der Waals surface area (Å²) in [5, 5.41) is 2.91. The minimum absolute atomic E-state index is 0.0556. The predicted molar refractivity (Wildman–Crippen MR) is 88.3 cm³/mol. The number of hydrogen-bond acceptors (Lipinski definition) is 3. The van der Waals surface area contributed by atoms with Gasteiger partial charge in [-0.3, -0.25) is 9.59 Å². The standard InChI is InChI=1S/C18H21N3O2/c1-21-11-10-19-18(21)17(23)14-6-8-15(9-7-14)20-16(22)12-13-4-2-3-5-13/h6-11,13H,2-5,12H2,1H3,(H,20,22). The Kier molecular flexibility index (Phi) is 4.55. The van der Waals surface area contributed by atoms with Crippen LogP contribution in [0, 0.1) is 5.92 Å². The summed E-state index contributed by atoms with van der Waals surface area (Å²) < 4.78 is 1.69. The van der Waals surface area contributed by atoms with Crippen molar-refractivity contribution in [2.45, 2.75) is 32.1 Å². The van der Waals surface area contributed by atoms with Crippen LogP contribution in [0.3, 0.4) is 0 Å². The number of amides is 1. The summed E-state index contributed by atoms with van der Waals surface area (Å²) in [6.45, 7) is 0. The lowest BCUT2D eigenvalue weighted by molar-refractivity contribution is -0.117. The van der Waals surface area contributed by atoms with Crippen LogP contribution >= 0.6 is 0 Å². The minimum Gasteiger partial charge on any atom is -0.331 e. The number of nitrogens with one attached hydrogen (secondary N) is 1. The number of hydrogen-bond donors (Lipinski definition) is 1. The zero-order chi connectivity index (χ0) is 16.2. The molecular formula is C18H21N3O2. The van der Waals surface area contributed by atoms with E-state index in [-0.39, 0.29) is 11.7 Å². The van der Waals surface area contributed by atoms with Crippen LogP contribution in [0.25, 0.3) is 0 Å². The molecule has 0 saturated heterocycles. The van der Waals surface area contributed by atoms with E-state index in [1.807, 2.05) is 0 Å². The summed E-state index contributed by atoms with van der Waals surface area (Å²) in [5.41, 5.74) is 1.29. The lowest BCUT2D eigenvalue weighted by atomic mass is 10.0. The van der Waals surface area contributed by atoms with Gasteiger partial charge in [0.05, 0.1) is 0 Å². The summed E-state index contributed by atoms with van der Waals surface area (Å²) >= 11 is 0. The topological polar surface area (TPSA) is 64.0 Å². The number of imidazole rings is 1. The van der Waals surface area contributed by atoms with E-state index in [2.05, 4.69) is 10.3 Å². The molecule has 1 aliphatic rings. The number of rotatable bonds is 5. The number of benzene rings is 1. The molecule has 0 spiro atoms. The van der Waals surface area contributed by atoms with E-state index >= 15 is 0 Å². The number of nitrogens with zero attached hydrogens (tertiary/aromatic N) is 2. The Morgan fingerprint density at radius 2 is 1.91 bits per heavy atom. The van der Waals surface area contributed by atoms with Gasteiger partial charge in [-0.2, -0.15) is 0 Å². The molecule has 0 aliphatic heterocycles. The maximum Gasteiger partial charge on any atom is 0.228 e. The van der Waals surface area contributed by atoms with Gasteiger partial charge in [0.2, 0.25) is 11.7 Å².